The molecule has 2 heterocycles. The standard InChI is InChI=1S/2C39H53ClN2O7S/c2*1-4-6-8-12-36(43)33-16-13-30(33)24-42-26-39(19-9-10-28-22-31(40)15-17-34(28)39)27-49-37-18-14-29(23-35(37)42)38(44)41-50(45,46)32(11-7-5-2)25-48-21-20-47-3/h2*5,8,12,14-15,17-18,22-23,30,32-33,36,43H,2,4,6-7,9-11,13,16,19-21,24-27H2,1,3H3,(H,41,44)/b2*12-8+/t30-,32+,33+,36-,39-;30-,32-,33+,36-,39-/m00/s1. The summed E-state index contributed by atoms with van der Waals surface area (Å²) in [7, 11) is -5.05. The van der Waals surface area contributed by atoms with Crippen LogP contribution in [-0.2, 0) is 62.7 Å². The quantitative estimate of drug-likeness (QED) is 0.0252. The van der Waals surface area contributed by atoms with E-state index < -0.39 is 54.6 Å². The molecule has 548 valence electrons. The van der Waals surface area contributed by atoms with Crippen LogP contribution in [0.4, 0.5) is 11.4 Å². The zero-order valence-corrected chi connectivity index (χ0v) is 62.0. The van der Waals surface area contributed by atoms with Crippen LogP contribution in [0, 0.1) is 23.7 Å². The van der Waals surface area contributed by atoms with Gasteiger partial charge < -0.3 is 48.4 Å². The molecule has 10 rings (SSSR count). The zero-order valence-electron chi connectivity index (χ0n) is 58.9. The van der Waals surface area contributed by atoms with E-state index in [0.717, 1.165) is 111 Å². The van der Waals surface area contributed by atoms with Gasteiger partial charge in [0.25, 0.3) is 11.8 Å². The summed E-state index contributed by atoms with van der Waals surface area (Å²) in [6, 6.07) is 22.6. The van der Waals surface area contributed by atoms with Crippen LogP contribution >= 0.6 is 23.2 Å². The molecule has 0 aromatic heterocycles. The molecule has 6 aliphatic rings. The topological polar surface area (TPSA) is 229 Å². The number of carbonyl (C=O) groups excluding carboxylic acids is 2. The van der Waals surface area contributed by atoms with E-state index in [0.29, 0.717) is 76.9 Å². The Morgan fingerprint density at radius 3 is 1.40 bits per heavy atom. The first-order valence-corrected chi connectivity index (χ1v) is 39.8. The van der Waals surface area contributed by atoms with Crippen molar-refractivity contribution in [2.24, 2.45) is 23.7 Å². The van der Waals surface area contributed by atoms with Gasteiger partial charge in [0.2, 0.25) is 20.0 Å². The molecule has 18 nitrogen and oxygen atoms in total. The van der Waals surface area contributed by atoms with Crippen molar-refractivity contribution in [1.82, 2.24) is 9.44 Å². The number of sulfonamides is 2. The highest BCUT2D eigenvalue weighted by Gasteiger charge is 2.47. The lowest BCUT2D eigenvalue weighted by Crippen LogP contribution is -2.49. The maximum absolute atomic E-state index is 13.7. The number of halogens is 2. The summed E-state index contributed by atoms with van der Waals surface area (Å²) in [5.74, 6) is 0.654. The Kier molecular flexibility index (Phi) is 29.1. The molecule has 0 saturated heterocycles. The molecular formula is C78H106Cl2N4O14S2. The number of nitrogens with zero attached hydrogens (tertiary/aromatic N) is 2. The second kappa shape index (κ2) is 37.1. The average Bonchev–Trinajstić information content (AvgIpc) is 1.51. The number of ether oxygens (including phenoxy) is 6. The number of nitrogens with one attached hydrogen (secondary N) is 2. The molecule has 4 aliphatic carbocycles. The van der Waals surface area contributed by atoms with E-state index in [1.54, 1.807) is 62.8 Å². The number of aliphatic hydroxyl groups is 2. The van der Waals surface area contributed by atoms with Crippen LogP contribution in [-0.4, -0.2) is 155 Å². The van der Waals surface area contributed by atoms with Crippen molar-refractivity contribution in [2.45, 2.75) is 163 Å². The monoisotopic (exact) mass is 1460 g/mol. The van der Waals surface area contributed by atoms with Crippen LogP contribution in [0.2, 0.25) is 10.0 Å². The minimum absolute atomic E-state index is 0.0670. The number of aliphatic hydroxyl groups excluding tert-OH is 2. The molecule has 2 saturated carbocycles. The Hall–Kier alpha value is -5.78. The number of hydrogen-bond donors (Lipinski definition) is 4. The van der Waals surface area contributed by atoms with Crippen LogP contribution in [0.15, 0.2) is 122 Å². The van der Waals surface area contributed by atoms with Gasteiger partial charge in [0, 0.05) is 72.4 Å². The second-order valence-electron chi connectivity index (χ2n) is 28.1. The van der Waals surface area contributed by atoms with Crippen molar-refractivity contribution in [1.29, 1.82) is 0 Å². The Labute approximate surface area is 604 Å². The molecule has 2 aliphatic heterocycles. The molecule has 4 aromatic rings. The van der Waals surface area contributed by atoms with E-state index >= 15 is 0 Å². The number of fused-ring (bicyclic) bond motifs is 6. The molecule has 0 bridgehead atoms. The van der Waals surface area contributed by atoms with Crippen LogP contribution in [0.3, 0.4) is 0 Å². The smallest absolute Gasteiger partial charge is 0.264 e. The van der Waals surface area contributed by atoms with Gasteiger partial charge >= 0.3 is 0 Å². The van der Waals surface area contributed by atoms with E-state index in [1.165, 1.54) is 22.3 Å². The van der Waals surface area contributed by atoms with Gasteiger partial charge in [0.05, 0.1) is 76.4 Å². The lowest BCUT2D eigenvalue weighted by molar-refractivity contribution is 0.0454. The summed E-state index contributed by atoms with van der Waals surface area (Å²) in [5, 5.41) is 21.7. The number of benzene rings is 4. The van der Waals surface area contributed by atoms with Gasteiger partial charge in [-0.1, -0.05) is 98.5 Å². The van der Waals surface area contributed by atoms with Crippen LogP contribution in [0.25, 0.3) is 0 Å². The van der Waals surface area contributed by atoms with Crippen LogP contribution in [0.5, 0.6) is 11.5 Å². The van der Waals surface area contributed by atoms with Crippen molar-refractivity contribution < 1.29 is 65.1 Å². The Morgan fingerprint density at radius 1 is 0.610 bits per heavy atom. The first-order chi connectivity index (χ1) is 48.2. The van der Waals surface area contributed by atoms with Crippen molar-refractivity contribution in [3.05, 3.63) is 166 Å². The summed E-state index contributed by atoms with van der Waals surface area (Å²) in [6.07, 6.45) is 25.4. The fourth-order valence-electron chi connectivity index (χ4n) is 15.2. The molecule has 22 heteroatoms. The van der Waals surface area contributed by atoms with Crippen molar-refractivity contribution in [3.8, 4) is 11.5 Å². The minimum Gasteiger partial charge on any atom is -0.490 e. The molecule has 100 heavy (non-hydrogen) atoms. The van der Waals surface area contributed by atoms with Gasteiger partial charge in [-0.2, -0.15) is 0 Å². The third-order valence-corrected chi connectivity index (χ3v) is 25.0. The van der Waals surface area contributed by atoms with E-state index in [1.807, 2.05) is 24.3 Å². The first-order valence-electron chi connectivity index (χ1n) is 36.0. The number of aryl methyl sites for hydroxylation is 2. The Balaban J connectivity index is 0.000000233. The SMILES string of the molecule is C=CCC[C@@H](COCCOC)S(=O)(=O)NC(=O)c1ccc2c(c1)N(C[C@@H]1CC[C@H]1[C@@H](O)/C=C/CCC)C[C@@]1(CCCc3cc(Cl)ccc31)CO2.C=CCC[C@H](COCCOC)S(=O)(=O)NC(=O)c1ccc2c(c1)N(C[C@@H]1CC[C@H]1[C@@H](O)/C=C/CCC)C[C@@]1(CCCc3cc(Cl)ccc31)CO2. The zero-order chi connectivity index (χ0) is 71.5. The number of methoxy groups -OCH3 is 2. The number of hydrogen-bond acceptors (Lipinski definition) is 16. The molecule has 2 spiro atoms. The molecule has 0 radical (unpaired) electrons. The minimum atomic E-state index is -4.07. The Bertz CT molecular complexity index is 3470. The number of unbranched alkanes of at least 4 members (excludes halogenated alkanes) is 2. The molecule has 4 N–H and O–H groups in total. The maximum atomic E-state index is 13.7. The van der Waals surface area contributed by atoms with Gasteiger partial charge in [-0.15, -0.1) is 13.2 Å². The summed E-state index contributed by atoms with van der Waals surface area (Å²) in [6.45, 7) is 16.3. The number of amides is 2. The number of anilines is 2. The van der Waals surface area contributed by atoms with Gasteiger partial charge in [0.15, 0.2) is 0 Å². The molecule has 10 atom stereocenters. The predicted octanol–water partition coefficient (Wildman–Crippen LogP) is 13.2. The first kappa shape index (κ1) is 78.4. The van der Waals surface area contributed by atoms with E-state index in [2.05, 4.69) is 82.7 Å². The van der Waals surface area contributed by atoms with Crippen molar-refractivity contribution in [3.63, 3.8) is 0 Å². The van der Waals surface area contributed by atoms with Gasteiger partial charge in [-0.3, -0.25) is 9.59 Å². The molecule has 0 unspecified atom stereocenters. The van der Waals surface area contributed by atoms with Gasteiger partial charge in [0.1, 0.15) is 22.0 Å². The van der Waals surface area contributed by atoms with E-state index in [4.69, 9.17) is 51.6 Å². The molecular weight excluding hydrogens is 1350 g/mol. The highest BCUT2D eigenvalue weighted by Crippen LogP contribution is 2.49. The van der Waals surface area contributed by atoms with Crippen LogP contribution < -0.4 is 28.7 Å². The maximum Gasteiger partial charge on any atom is 0.264 e. The summed E-state index contributed by atoms with van der Waals surface area (Å²) >= 11 is 12.9. The summed E-state index contributed by atoms with van der Waals surface area (Å²) in [4.78, 5) is 31.9. The number of carbonyl (C=O) groups is 2. The number of rotatable bonds is 34. The summed E-state index contributed by atoms with van der Waals surface area (Å²) < 4.78 is 92.8. The van der Waals surface area contributed by atoms with Crippen LogP contribution in [0.1, 0.15) is 160 Å². The Morgan fingerprint density at radius 2 is 1.03 bits per heavy atom. The third-order valence-electron chi connectivity index (χ3n) is 21.1. The van der Waals surface area contributed by atoms with E-state index in [-0.39, 0.29) is 84.9 Å². The summed E-state index contributed by atoms with van der Waals surface area (Å²) in [5.41, 5.74) is 6.29. The second-order valence-corrected chi connectivity index (χ2v) is 32.8. The number of allylic oxidation sites excluding steroid dienone is 4. The fraction of sp³-hybridized carbons (Fsp3) is 0.564. The lowest BCUT2D eigenvalue weighted by atomic mass is 9.68. The normalized spacial score (nSPS) is 22.9. The third kappa shape index (κ3) is 19.9. The highest BCUT2D eigenvalue weighted by atomic mass is 35.5. The van der Waals surface area contributed by atoms with Crippen molar-refractivity contribution >= 4 is 66.4 Å². The molecule has 2 fully saturated rings. The van der Waals surface area contributed by atoms with Crippen molar-refractivity contribution in [2.75, 3.05) is 103 Å². The fourth-order valence-corrected chi connectivity index (χ4v) is 18.1. The average molecular weight is 1460 g/mol. The molecule has 4 aromatic carbocycles. The highest BCUT2D eigenvalue weighted by molar-refractivity contribution is 7.91. The predicted molar refractivity (Wildman–Crippen MR) is 398 cm³/mol. The van der Waals surface area contributed by atoms with Gasteiger partial charge in [-0.05, 0) is 209 Å². The molecule has 2 amide bonds. The van der Waals surface area contributed by atoms with E-state index in [9.17, 15) is 36.6 Å². The lowest BCUT2D eigenvalue weighted by Gasteiger charge is -2.45. The largest absolute Gasteiger partial charge is 0.490 e. The van der Waals surface area contributed by atoms with Gasteiger partial charge in [-0.25, -0.2) is 26.3 Å².